The van der Waals surface area contributed by atoms with Gasteiger partial charge in [0.25, 0.3) is 11.7 Å². The first kappa shape index (κ1) is 25.7. The molecule has 1 unspecified atom stereocenters. The van der Waals surface area contributed by atoms with E-state index in [0.29, 0.717) is 48.8 Å². The lowest BCUT2D eigenvalue weighted by molar-refractivity contribution is -0.140. The van der Waals surface area contributed by atoms with Gasteiger partial charge in [-0.1, -0.05) is 18.2 Å². The Labute approximate surface area is 212 Å². The molecule has 0 aliphatic carbocycles. The molecule has 2 fully saturated rings. The highest BCUT2D eigenvalue weighted by Gasteiger charge is 2.46. The van der Waals surface area contributed by atoms with Crippen molar-refractivity contribution in [3.8, 4) is 11.5 Å². The topological polar surface area (TPSA) is 88.5 Å². The summed E-state index contributed by atoms with van der Waals surface area (Å²) in [5.74, 6) is -0.317. The van der Waals surface area contributed by atoms with Gasteiger partial charge in [-0.05, 0) is 50.6 Å². The van der Waals surface area contributed by atoms with Crippen LogP contribution in [0.1, 0.15) is 37.4 Å². The summed E-state index contributed by atoms with van der Waals surface area (Å²) in [6.07, 6.45) is 0.706. The molecule has 0 spiro atoms. The molecule has 1 atom stereocenters. The molecular formula is C28H34N2O6. The first-order valence-corrected chi connectivity index (χ1v) is 12.4. The molecule has 8 nitrogen and oxygen atoms in total. The highest BCUT2D eigenvalue weighted by atomic mass is 16.5. The van der Waals surface area contributed by atoms with E-state index in [0.717, 1.165) is 19.6 Å². The van der Waals surface area contributed by atoms with Gasteiger partial charge in [-0.3, -0.25) is 14.5 Å². The van der Waals surface area contributed by atoms with Gasteiger partial charge in [0.1, 0.15) is 17.3 Å². The molecule has 1 amide bonds. The number of carbonyl (C=O) groups is 2. The van der Waals surface area contributed by atoms with Crippen LogP contribution in [0.2, 0.25) is 0 Å². The summed E-state index contributed by atoms with van der Waals surface area (Å²) in [7, 11) is 1.55. The van der Waals surface area contributed by atoms with Gasteiger partial charge in [0.05, 0.1) is 38.0 Å². The van der Waals surface area contributed by atoms with Crippen LogP contribution in [-0.2, 0) is 14.3 Å². The van der Waals surface area contributed by atoms with Crippen molar-refractivity contribution in [1.82, 2.24) is 9.80 Å². The molecule has 2 aromatic rings. The number of benzene rings is 2. The van der Waals surface area contributed by atoms with E-state index in [4.69, 9.17) is 14.2 Å². The van der Waals surface area contributed by atoms with Crippen LogP contribution >= 0.6 is 0 Å². The molecule has 8 heteroatoms. The molecule has 0 radical (unpaired) electrons. The van der Waals surface area contributed by atoms with Crippen LogP contribution in [0.5, 0.6) is 11.5 Å². The van der Waals surface area contributed by atoms with Crippen molar-refractivity contribution < 1.29 is 28.9 Å². The maximum Gasteiger partial charge on any atom is 0.295 e. The third kappa shape index (κ3) is 5.55. The van der Waals surface area contributed by atoms with Crippen molar-refractivity contribution in [1.29, 1.82) is 0 Å². The Bertz CT molecular complexity index is 1110. The minimum absolute atomic E-state index is 0.0118. The summed E-state index contributed by atoms with van der Waals surface area (Å²) >= 11 is 0. The molecule has 2 aliphatic rings. The number of ketones is 1. The highest BCUT2D eigenvalue weighted by Crippen LogP contribution is 2.42. The number of nitrogens with zero attached hydrogens (tertiary/aromatic N) is 2. The van der Waals surface area contributed by atoms with Crippen LogP contribution in [0.15, 0.2) is 54.1 Å². The Balaban J connectivity index is 1.68. The molecule has 2 heterocycles. The van der Waals surface area contributed by atoms with Crippen molar-refractivity contribution >= 4 is 17.4 Å². The lowest BCUT2D eigenvalue weighted by atomic mass is 9.94. The normalized spacial score (nSPS) is 20.2. The number of morpholine rings is 1. The van der Waals surface area contributed by atoms with Gasteiger partial charge in [-0.2, -0.15) is 0 Å². The lowest BCUT2D eigenvalue weighted by Gasteiger charge is -2.29. The standard InChI is InChI=1S/C28H34N2O6/c1-19(2)36-21-11-9-20(10-12-21)26(31)24-25(22-7-4-5-8-23(22)34-3)30(28(33)27(24)32)14-6-13-29-15-17-35-18-16-29/h4-5,7-12,19,25,31H,6,13-18H2,1-3H3. The Morgan fingerprint density at radius 3 is 2.42 bits per heavy atom. The van der Waals surface area contributed by atoms with Crippen molar-refractivity contribution in [3.05, 3.63) is 65.2 Å². The second kappa shape index (κ2) is 11.6. The van der Waals surface area contributed by atoms with Gasteiger partial charge in [0.2, 0.25) is 0 Å². The Kier molecular flexibility index (Phi) is 8.28. The molecule has 1 N–H and O–H groups in total. The van der Waals surface area contributed by atoms with Crippen molar-refractivity contribution in [3.63, 3.8) is 0 Å². The smallest absolute Gasteiger partial charge is 0.295 e. The number of rotatable bonds is 9. The number of Topliss-reactive ketones (excluding diaryl/α,β-unsaturated/α-hetero) is 1. The number of amides is 1. The van der Waals surface area contributed by atoms with Gasteiger partial charge in [-0.15, -0.1) is 0 Å². The monoisotopic (exact) mass is 494 g/mol. The summed E-state index contributed by atoms with van der Waals surface area (Å²) in [6, 6.07) is 13.4. The summed E-state index contributed by atoms with van der Waals surface area (Å²) in [6.45, 7) is 8.14. The summed E-state index contributed by atoms with van der Waals surface area (Å²) in [5, 5.41) is 11.3. The average Bonchev–Trinajstić information content (AvgIpc) is 3.14. The van der Waals surface area contributed by atoms with Gasteiger partial charge in [0.15, 0.2) is 0 Å². The molecule has 2 saturated heterocycles. The number of carbonyl (C=O) groups excluding carboxylic acids is 2. The van der Waals surface area contributed by atoms with Gasteiger partial charge < -0.3 is 24.2 Å². The fourth-order valence-electron chi connectivity index (χ4n) is 4.73. The Morgan fingerprint density at radius 2 is 1.75 bits per heavy atom. The maximum atomic E-state index is 13.3. The molecule has 0 bridgehead atoms. The first-order valence-electron chi connectivity index (χ1n) is 12.4. The van der Waals surface area contributed by atoms with Crippen LogP contribution in [0.3, 0.4) is 0 Å². The van der Waals surface area contributed by atoms with Crippen LogP contribution in [0, 0.1) is 0 Å². The molecule has 0 saturated carbocycles. The van der Waals surface area contributed by atoms with Crippen LogP contribution in [-0.4, -0.2) is 79.2 Å². The number of likely N-dealkylation sites (tertiary alicyclic amines) is 1. The minimum atomic E-state index is -0.752. The van der Waals surface area contributed by atoms with Crippen molar-refractivity contribution in [2.24, 2.45) is 0 Å². The lowest BCUT2D eigenvalue weighted by Crippen LogP contribution is -2.39. The van der Waals surface area contributed by atoms with Crippen molar-refractivity contribution in [2.75, 3.05) is 46.5 Å². The summed E-state index contributed by atoms with van der Waals surface area (Å²) < 4.78 is 16.7. The predicted molar refractivity (Wildman–Crippen MR) is 136 cm³/mol. The second-order valence-electron chi connectivity index (χ2n) is 9.23. The Morgan fingerprint density at radius 1 is 1.06 bits per heavy atom. The number of methoxy groups -OCH3 is 1. The quantitative estimate of drug-likeness (QED) is 0.324. The molecule has 4 rings (SSSR count). The SMILES string of the molecule is COc1ccccc1C1C(=C(O)c2ccc(OC(C)C)cc2)C(=O)C(=O)N1CCCN1CCOCC1. The highest BCUT2D eigenvalue weighted by molar-refractivity contribution is 6.46. The van der Waals surface area contributed by atoms with Crippen LogP contribution < -0.4 is 9.47 Å². The zero-order chi connectivity index (χ0) is 25.7. The number of hydrogen-bond donors (Lipinski definition) is 1. The second-order valence-corrected chi connectivity index (χ2v) is 9.23. The molecule has 0 aromatic heterocycles. The minimum Gasteiger partial charge on any atom is -0.507 e. The van der Waals surface area contributed by atoms with E-state index < -0.39 is 17.7 Å². The van der Waals surface area contributed by atoms with E-state index >= 15 is 0 Å². The van der Waals surface area contributed by atoms with E-state index in [2.05, 4.69) is 4.90 Å². The number of hydrogen-bond acceptors (Lipinski definition) is 7. The van der Waals surface area contributed by atoms with Gasteiger partial charge in [0, 0.05) is 37.3 Å². The van der Waals surface area contributed by atoms with E-state index in [-0.39, 0.29) is 17.4 Å². The average molecular weight is 495 g/mol. The number of aliphatic hydroxyl groups excluding tert-OH is 1. The first-order chi connectivity index (χ1) is 17.4. The van der Waals surface area contributed by atoms with Gasteiger partial charge in [-0.25, -0.2) is 0 Å². The van der Waals surface area contributed by atoms with Gasteiger partial charge >= 0.3 is 0 Å². The summed E-state index contributed by atoms with van der Waals surface area (Å²) in [4.78, 5) is 30.4. The number of ether oxygens (including phenoxy) is 3. The third-order valence-corrected chi connectivity index (χ3v) is 6.45. The molecule has 192 valence electrons. The van der Waals surface area contributed by atoms with E-state index in [1.54, 1.807) is 42.3 Å². The fourth-order valence-corrected chi connectivity index (χ4v) is 4.73. The van der Waals surface area contributed by atoms with E-state index in [9.17, 15) is 14.7 Å². The largest absolute Gasteiger partial charge is 0.507 e. The van der Waals surface area contributed by atoms with Crippen molar-refractivity contribution in [2.45, 2.75) is 32.4 Å². The fraction of sp³-hybridized carbons (Fsp3) is 0.429. The molecule has 36 heavy (non-hydrogen) atoms. The molecule has 2 aliphatic heterocycles. The zero-order valence-electron chi connectivity index (χ0n) is 21.1. The summed E-state index contributed by atoms with van der Waals surface area (Å²) in [5.41, 5.74) is 1.16. The van der Waals surface area contributed by atoms with Crippen LogP contribution in [0.4, 0.5) is 0 Å². The van der Waals surface area contributed by atoms with E-state index in [1.165, 1.54) is 0 Å². The van der Waals surface area contributed by atoms with Crippen LogP contribution in [0.25, 0.3) is 5.76 Å². The third-order valence-electron chi connectivity index (χ3n) is 6.45. The predicted octanol–water partition coefficient (Wildman–Crippen LogP) is 3.63. The number of aliphatic hydroxyl groups is 1. The zero-order valence-corrected chi connectivity index (χ0v) is 21.1. The number of para-hydroxylation sites is 1. The molecule has 2 aromatic carbocycles. The maximum absolute atomic E-state index is 13.3. The Hall–Kier alpha value is -3.36. The van der Waals surface area contributed by atoms with E-state index in [1.807, 2.05) is 32.0 Å². The molecular weight excluding hydrogens is 460 g/mol.